The average Bonchev–Trinajstić information content (AvgIpc) is 2.45. The van der Waals surface area contributed by atoms with Gasteiger partial charge in [-0.25, -0.2) is 4.99 Å². The molecule has 128 valence electrons. The fourth-order valence-electron chi connectivity index (χ4n) is 2.16. The summed E-state index contributed by atoms with van der Waals surface area (Å²) >= 11 is 0. The molecule has 0 aliphatic rings. The Kier molecular flexibility index (Phi) is 6.61. The normalized spacial score (nSPS) is 13.0. The van der Waals surface area contributed by atoms with Gasteiger partial charge in [0.25, 0.3) is 0 Å². The summed E-state index contributed by atoms with van der Waals surface area (Å²) in [5.74, 6) is 1.48. The summed E-state index contributed by atoms with van der Waals surface area (Å²) < 4.78 is 0. The summed E-state index contributed by atoms with van der Waals surface area (Å²) in [6, 6.07) is 6.35. The van der Waals surface area contributed by atoms with Crippen LogP contribution in [0.3, 0.4) is 0 Å². The van der Waals surface area contributed by atoms with Gasteiger partial charge < -0.3 is 20.5 Å². The van der Waals surface area contributed by atoms with Crippen molar-refractivity contribution in [3.8, 4) is 0 Å². The minimum Gasteiger partial charge on any atom is -0.432 e. The first-order valence-electron chi connectivity index (χ1n) is 8.01. The van der Waals surface area contributed by atoms with Crippen LogP contribution < -0.4 is 0 Å². The predicted octanol–water partition coefficient (Wildman–Crippen LogP) is 4.45. The van der Waals surface area contributed by atoms with Crippen LogP contribution in [0.4, 0.5) is 5.69 Å². The number of hydrogen-bond acceptors (Lipinski definition) is 1. The Morgan fingerprint density at radius 1 is 0.913 bits per heavy atom. The highest BCUT2D eigenvalue weighted by molar-refractivity contribution is 5.99. The number of rotatable bonds is 3. The number of nitrogens with one attached hydrogen (secondary N) is 1. The smallest absolute Gasteiger partial charge is 0.153 e. The van der Waals surface area contributed by atoms with E-state index in [1.807, 2.05) is 19.0 Å². The van der Waals surface area contributed by atoms with Gasteiger partial charge in [0.05, 0.1) is 5.69 Å². The first-order valence-corrected chi connectivity index (χ1v) is 8.01. The van der Waals surface area contributed by atoms with Gasteiger partial charge in [-0.05, 0) is 37.1 Å². The molecule has 0 atom stereocenters. The van der Waals surface area contributed by atoms with E-state index in [0.717, 1.165) is 5.69 Å². The van der Waals surface area contributed by atoms with E-state index in [9.17, 15) is 0 Å². The Labute approximate surface area is 140 Å². The van der Waals surface area contributed by atoms with E-state index < -0.39 is 0 Å². The van der Waals surface area contributed by atoms with Gasteiger partial charge in [-0.2, -0.15) is 0 Å². The zero-order valence-electron chi connectivity index (χ0n) is 15.7. The number of guanidine groups is 2. The van der Waals surface area contributed by atoms with Crippen LogP contribution in [0.1, 0.15) is 50.7 Å². The molecule has 1 rings (SSSR count). The lowest BCUT2D eigenvalue weighted by molar-refractivity contribution is 0.601. The first kappa shape index (κ1) is 19.0. The Bertz CT molecular complexity index is 557. The molecule has 1 N–H and O–H groups in total. The van der Waals surface area contributed by atoms with Gasteiger partial charge >= 0.3 is 0 Å². The van der Waals surface area contributed by atoms with E-state index in [1.165, 1.54) is 11.1 Å². The summed E-state index contributed by atoms with van der Waals surface area (Å²) in [5, 5.41) is 0. The molecule has 0 aliphatic carbocycles. The monoisotopic (exact) mass is 316 g/mol. The number of hydrogen-bond donors (Lipinski definition) is 0. The molecule has 0 fully saturated rings. The van der Waals surface area contributed by atoms with Gasteiger partial charge in [-0.1, -0.05) is 45.9 Å². The highest BCUT2D eigenvalue weighted by Gasteiger charge is 2.14. The van der Waals surface area contributed by atoms with Crippen molar-refractivity contribution in [1.29, 1.82) is 0 Å². The molecule has 0 heterocycles. The maximum atomic E-state index is 7.96. The van der Waals surface area contributed by atoms with Crippen molar-refractivity contribution in [3.63, 3.8) is 0 Å². The lowest BCUT2D eigenvalue weighted by Gasteiger charge is -2.24. The Balaban J connectivity index is 3.55. The maximum absolute atomic E-state index is 7.96. The first-order chi connectivity index (χ1) is 10.6. The highest BCUT2D eigenvalue weighted by Crippen LogP contribution is 2.35. The topological polar surface area (TPSA) is 55.0 Å². The summed E-state index contributed by atoms with van der Waals surface area (Å²) in [6.45, 7) is 8.69. The van der Waals surface area contributed by atoms with Crippen LogP contribution in [0, 0.1) is 0 Å². The molecular weight excluding hydrogens is 286 g/mol. The van der Waals surface area contributed by atoms with Crippen molar-refractivity contribution in [2.45, 2.75) is 39.5 Å². The van der Waals surface area contributed by atoms with Crippen LogP contribution in [0.15, 0.2) is 28.2 Å². The molecule has 5 nitrogen and oxygen atoms in total. The zero-order chi connectivity index (χ0) is 17.7. The van der Waals surface area contributed by atoms with Crippen LogP contribution in [0.25, 0.3) is 5.73 Å². The lowest BCUT2D eigenvalue weighted by Crippen LogP contribution is -2.25. The molecule has 0 aliphatic heterocycles. The summed E-state index contributed by atoms with van der Waals surface area (Å²) in [4.78, 5) is 12.7. The Hall–Kier alpha value is -2.04. The minimum atomic E-state index is 0.186. The molecule has 1 aromatic carbocycles. The van der Waals surface area contributed by atoms with Crippen molar-refractivity contribution in [3.05, 3.63) is 35.1 Å². The summed E-state index contributed by atoms with van der Waals surface area (Å²) in [6.07, 6.45) is 0. The van der Waals surface area contributed by atoms with Crippen molar-refractivity contribution < 1.29 is 0 Å². The van der Waals surface area contributed by atoms with Crippen LogP contribution in [0.5, 0.6) is 0 Å². The molecule has 5 heteroatoms. The maximum Gasteiger partial charge on any atom is 0.153 e. The number of nitrogens with zero attached hydrogens (tertiary/aromatic N) is 4. The molecule has 0 saturated carbocycles. The van der Waals surface area contributed by atoms with E-state index in [0.29, 0.717) is 17.8 Å². The molecule has 0 unspecified atom stereocenters. The number of aliphatic imine (C=N–C) groups is 2. The molecule has 0 bridgehead atoms. The second-order valence-electron chi connectivity index (χ2n) is 6.73. The quantitative estimate of drug-likeness (QED) is 0.611. The summed E-state index contributed by atoms with van der Waals surface area (Å²) in [5.41, 5.74) is 11.4. The second kappa shape index (κ2) is 7.99. The van der Waals surface area contributed by atoms with Gasteiger partial charge in [-0.3, -0.25) is 0 Å². The van der Waals surface area contributed by atoms with Gasteiger partial charge in [0, 0.05) is 20.1 Å². The van der Waals surface area contributed by atoms with Crippen LogP contribution >= 0.6 is 0 Å². The number of benzene rings is 1. The highest BCUT2D eigenvalue weighted by atomic mass is 15.3. The van der Waals surface area contributed by atoms with Crippen molar-refractivity contribution in [1.82, 2.24) is 9.80 Å². The molecule has 23 heavy (non-hydrogen) atoms. The number of para-hydroxylation sites is 1. The van der Waals surface area contributed by atoms with E-state index in [2.05, 4.69) is 50.9 Å². The lowest BCUT2D eigenvalue weighted by atomic mass is 9.93. The average molecular weight is 316 g/mol. The molecule has 0 spiro atoms. The van der Waals surface area contributed by atoms with E-state index in [1.54, 1.807) is 19.0 Å². The molecule has 0 amide bonds. The van der Waals surface area contributed by atoms with E-state index >= 15 is 0 Å². The SMILES string of the molecule is CC(C)c1cccc(C(C)C)c1N=C(N=C([NH-])N(C)C)N(C)C. The van der Waals surface area contributed by atoms with E-state index in [4.69, 9.17) is 10.7 Å². The Morgan fingerprint density at radius 3 is 1.74 bits per heavy atom. The molecule has 1 aromatic rings. The van der Waals surface area contributed by atoms with Crippen molar-refractivity contribution in [2.75, 3.05) is 28.2 Å². The van der Waals surface area contributed by atoms with Gasteiger partial charge in [0.15, 0.2) is 5.96 Å². The van der Waals surface area contributed by atoms with E-state index in [-0.39, 0.29) is 5.96 Å². The standard InChI is InChI=1S/C18H30N5/c1-12(2)14-10-9-11-15(13(3)4)16(14)20-18(23(7)8)21-17(19)22(5)6/h9-13H,1-8H3,(H-,19,20,21)/q-1. The van der Waals surface area contributed by atoms with Crippen LogP contribution in [-0.4, -0.2) is 49.9 Å². The molecular formula is C18H30N5-. The third-order valence-corrected chi connectivity index (χ3v) is 3.58. The molecule has 0 saturated heterocycles. The second-order valence-corrected chi connectivity index (χ2v) is 6.73. The van der Waals surface area contributed by atoms with Gasteiger partial charge in [-0.15, -0.1) is 0 Å². The third kappa shape index (κ3) is 4.98. The Morgan fingerprint density at radius 2 is 1.39 bits per heavy atom. The largest absolute Gasteiger partial charge is 0.432 e. The van der Waals surface area contributed by atoms with Gasteiger partial charge in [0.2, 0.25) is 0 Å². The molecule has 0 aromatic heterocycles. The fourth-order valence-corrected chi connectivity index (χ4v) is 2.16. The third-order valence-electron chi connectivity index (χ3n) is 3.58. The predicted molar refractivity (Wildman–Crippen MR) is 101 cm³/mol. The van der Waals surface area contributed by atoms with Crippen LogP contribution in [-0.2, 0) is 0 Å². The van der Waals surface area contributed by atoms with Crippen molar-refractivity contribution >= 4 is 17.6 Å². The summed E-state index contributed by atoms with van der Waals surface area (Å²) in [7, 11) is 7.41. The minimum absolute atomic E-state index is 0.186. The van der Waals surface area contributed by atoms with Crippen LogP contribution in [0.2, 0.25) is 0 Å². The van der Waals surface area contributed by atoms with Gasteiger partial charge in [0.1, 0.15) is 0 Å². The van der Waals surface area contributed by atoms with Crippen molar-refractivity contribution in [2.24, 2.45) is 9.98 Å². The zero-order valence-corrected chi connectivity index (χ0v) is 15.7. The molecule has 0 radical (unpaired) electrons. The fraction of sp³-hybridized carbons (Fsp3) is 0.556.